The van der Waals surface area contributed by atoms with Crippen molar-refractivity contribution in [2.45, 2.75) is 51.4 Å². The molecular weight excluding hydrogens is 179 g/mol. The van der Waals surface area contributed by atoms with Gasteiger partial charge < -0.3 is 10.2 Å². The zero-order chi connectivity index (χ0) is 10.8. The lowest BCUT2D eigenvalue weighted by molar-refractivity contribution is 0.168. The molecule has 2 unspecified atom stereocenters. The summed E-state index contributed by atoms with van der Waals surface area (Å²) in [6, 6.07) is 0.384. The van der Waals surface area contributed by atoms with E-state index in [9.17, 15) is 4.39 Å². The lowest BCUT2D eigenvalue weighted by atomic mass is 10.1. The third-order valence-corrected chi connectivity index (χ3v) is 3.13. The summed E-state index contributed by atoms with van der Waals surface area (Å²) in [7, 11) is 2.13. The molecule has 0 bridgehead atoms. The summed E-state index contributed by atoms with van der Waals surface area (Å²) in [5.74, 6) is 0. The van der Waals surface area contributed by atoms with Gasteiger partial charge in [-0.2, -0.15) is 0 Å². The van der Waals surface area contributed by atoms with Crippen molar-refractivity contribution >= 4 is 0 Å². The van der Waals surface area contributed by atoms with E-state index < -0.39 is 6.17 Å². The van der Waals surface area contributed by atoms with Crippen LogP contribution >= 0.6 is 0 Å². The van der Waals surface area contributed by atoms with Gasteiger partial charge in [0.15, 0.2) is 0 Å². The highest BCUT2D eigenvalue weighted by molar-refractivity contribution is 4.83. The molecule has 0 aromatic rings. The van der Waals surface area contributed by atoms with E-state index in [0.29, 0.717) is 19.0 Å². The highest BCUT2D eigenvalue weighted by Gasteiger charge is 2.24. The maximum Gasteiger partial charge on any atom is 0.114 e. The largest absolute Gasteiger partial charge is 0.311 e. The van der Waals surface area contributed by atoms with E-state index in [1.807, 2.05) is 0 Å². The van der Waals surface area contributed by atoms with Crippen molar-refractivity contribution in [3.8, 4) is 0 Å². The normalized spacial score (nSPS) is 28.7. The van der Waals surface area contributed by atoms with Gasteiger partial charge in [0.2, 0.25) is 0 Å². The molecule has 1 N–H and O–H groups in total. The van der Waals surface area contributed by atoms with Gasteiger partial charge in [-0.1, -0.05) is 0 Å². The van der Waals surface area contributed by atoms with E-state index in [4.69, 9.17) is 0 Å². The van der Waals surface area contributed by atoms with Crippen LogP contribution in [0.3, 0.4) is 0 Å². The first-order valence-electron chi connectivity index (χ1n) is 5.48. The lowest BCUT2D eigenvalue weighted by Crippen LogP contribution is -2.40. The molecule has 1 heterocycles. The fraction of sp³-hybridized carbons (Fsp3) is 1.00. The summed E-state index contributed by atoms with van der Waals surface area (Å²) >= 11 is 0. The Balaban J connectivity index is 2.21. The highest BCUT2D eigenvalue weighted by atomic mass is 19.1. The van der Waals surface area contributed by atoms with E-state index in [0.717, 1.165) is 13.0 Å². The first-order chi connectivity index (χ1) is 6.39. The van der Waals surface area contributed by atoms with Gasteiger partial charge in [-0.3, -0.25) is 0 Å². The Kier molecular flexibility index (Phi) is 3.90. The molecule has 0 amide bonds. The molecule has 0 radical (unpaired) electrons. The summed E-state index contributed by atoms with van der Waals surface area (Å²) in [4.78, 5) is 2.32. The Hall–Kier alpha value is -0.150. The summed E-state index contributed by atoms with van der Waals surface area (Å²) in [5, 5.41) is 3.21. The molecule has 3 heteroatoms. The first-order valence-corrected chi connectivity index (χ1v) is 5.48. The van der Waals surface area contributed by atoms with Crippen LogP contribution in [0, 0.1) is 0 Å². The van der Waals surface area contributed by atoms with Crippen LogP contribution < -0.4 is 5.32 Å². The summed E-state index contributed by atoms with van der Waals surface area (Å²) < 4.78 is 12.9. The van der Waals surface area contributed by atoms with Crippen LogP contribution in [0.1, 0.15) is 33.6 Å². The average molecular weight is 202 g/mol. The third kappa shape index (κ3) is 3.54. The number of halogens is 1. The molecule has 1 aliphatic rings. The maximum absolute atomic E-state index is 12.9. The van der Waals surface area contributed by atoms with Gasteiger partial charge in [0, 0.05) is 18.1 Å². The zero-order valence-electron chi connectivity index (χ0n) is 9.81. The van der Waals surface area contributed by atoms with Gasteiger partial charge in [-0.25, -0.2) is 4.39 Å². The number of nitrogens with one attached hydrogen (secondary N) is 1. The van der Waals surface area contributed by atoms with Gasteiger partial charge in [0.05, 0.1) is 0 Å². The highest BCUT2D eigenvalue weighted by Crippen LogP contribution is 2.16. The number of hydrogen-bond donors (Lipinski definition) is 1. The number of hydrogen-bond acceptors (Lipinski definition) is 2. The standard InChI is InChI=1S/C11H23FN2/c1-11(2,3)14(4)6-5-10-7-9(12)8-13-10/h9-10,13H,5-8H2,1-4H3. The minimum absolute atomic E-state index is 0.216. The zero-order valence-corrected chi connectivity index (χ0v) is 9.81. The molecule has 2 atom stereocenters. The molecule has 0 aromatic heterocycles. The Morgan fingerprint density at radius 2 is 2.07 bits per heavy atom. The first kappa shape index (κ1) is 11.9. The Bertz CT molecular complexity index is 177. The Labute approximate surface area is 86.9 Å². The van der Waals surface area contributed by atoms with Crippen molar-refractivity contribution in [2.75, 3.05) is 20.1 Å². The van der Waals surface area contributed by atoms with Crippen LogP contribution in [0.5, 0.6) is 0 Å². The van der Waals surface area contributed by atoms with E-state index in [1.165, 1.54) is 0 Å². The number of nitrogens with zero attached hydrogens (tertiary/aromatic N) is 1. The lowest BCUT2D eigenvalue weighted by Gasteiger charge is -2.32. The molecule has 0 saturated carbocycles. The maximum atomic E-state index is 12.9. The van der Waals surface area contributed by atoms with Crippen LogP contribution in [0.4, 0.5) is 4.39 Å². The molecular formula is C11H23FN2. The second-order valence-electron chi connectivity index (χ2n) is 5.32. The predicted octanol–water partition coefficient (Wildman–Crippen LogP) is 1.81. The van der Waals surface area contributed by atoms with Gasteiger partial charge >= 0.3 is 0 Å². The van der Waals surface area contributed by atoms with Gasteiger partial charge in [0.1, 0.15) is 6.17 Å². The molecule has 1 aliphatic heterocycles. The molecule has 84 valence electrons. The fourth-order valence-electron chi connectivity index (χ4n) is 1.67. The summed E-state index contributed by atoms with van der Waals surface area (Å²) in [6.45, 7) is 8.19. The second kappa shape index (κ2) is 4.58. The molecule has 0 aliphatic carbocycles. The van der Waals surface area contributed by atoms with E-state index in [-0.39, 0.29) is 5.54 Å². The molecule has 1 fully saturated rings. The minimum atomic E-state index is -0.625. The molecule has 0 spiro atoms. The third-order valence-electron chi connectivity index (χ3n) is 3.13. The van der Waals surface area contributed by atoms with Crippen molar-refractivity contribution in [1.82, 2.24) is 10.2 Å². The van der Waals surface area contributed by atoms with Crippen LogP contribution in [-0.4, -0.2) is 42.8 Å². The van der Waals surface area contributed by atoms with Crippen molar-refractivity contribution in [3.05, 3.63) is 0 Å². The van der Waals surface area contributed by atoms with Crippen LogP contribution in [-0.2, 0) is 0 Å². The smallest absolute Gasteiger partial charge is 0.114 e. The molecule has 2 nitrogen and oxygen atoms in total. The second-order valence-corrected chi connectivity index (χ2v) is 5.32. The molecule has 14 heavy (non-hydrogen) atoms. The van der Waals surface area contributed by atoms with Gasteiger partial charge in [-0.15, -0.1) is 0 Å². The van der Waals surface area contributed by atoms with E-state index in [1.54, 1.807) is 0 Å². The monoisotopic (exact) mass is 202 g/mol. The van der Waals surface area contributed by atoms with Crippen LogP contribution in [0.25, 0.3) is 0 Å². The van der Waals surface area contributed by atoms with E-state index in [2.05, 4.69) is 38.0 Å². The molecule has 0 aromatic carbocycles. The number of alkyl halides is 1. The summed E-state index contributed by atoms with van der Waals surface area (Å²) in [5.41, 5.74) is 0.216. The van der Waals surface area contributed by atoms with Crippen molar-refractivity contribution in [3.63, 3.8) is 0 Å². The van der Waals surface area contributed by atoms with Crippen LogP contribution in [0.15, 0.2) is 0 Å². The van der Waals surface area contributed by atoms with E-state index >= 15 is 0 Å². The Morgan fingerprint density at radius 3 is 2.50 bits per heavy atom. The van der Waals surface area contributed by atoms with Crippen LogP contribution in [0.2, 0.25) is 0 Å². The topological polar surface area (TPSA) is 15.3 Å². The number of rotatable bonds is 3. The van der Waals surface area contributed by atoms with Crippen molar-refractivity contribution in [1.29, 1.82) is 0 Å². The van der Waals surface area contributed by atoms with Gasteiger partial charge in [-0.05, 0) is 47.2 Å². The van der Waals surface area contributed by atoms with Crippen molar-refractivity contribution < 1.29 is 4.39 Å². The molecule has 1 rings (SSSR count). The predicted molar refractivity (Wildman–Crippen MR) is 58.3 cm³/mol. The van der Waals surface area contributed by atoms with Gasteiger partial charge in [0.25, 0.3) is 0 Å². The summed E-state index contributed by atoms with van der Waals surface area (Å²) in [6.07, 6.45) is 1.12. The van der Waals surface area contributed by atoms with Crippen molar-refractivity contribution in [2.24, 2.45) is 0 Å². The quantitative estimate of drug-likeness (QED) is 0.751. The minimum Gasteiger partial charge on any atom is -0.311 e. The SMILES string of the molecule is CN(CCC1CC(F)CN1)C(C)(C)C. The fourth-order valence-corrected chi connectivity index (χ4v) is 1.67. The molecule has 1 saturated heterocycles. The average Bonchev–Trinajstić information content (AvgIpc) is 2.45. The Morgan fingerprint density at radius 1 is 1.43 bits per heavy atom.